The van der Waals surface area contributed by atoms with Crippen molar-refractivity contribution in [3.63, 3.8) is 0 Å². The molecule has 36 heavy (non-hydrogen) atoms. The average Bonchev–Trinajstić information content (AvgIpc) is 2.88. The number of phenolic OH excluding ortho intramolecular Hbond substituents is 1. The normalized spacial score (nSPS) is 16.5. The van der Waals surface area contributed by atoms with Gasteiger partial charge in [0.15, 0.2) is 0 Å². The fourth-order valence-corrected chi connectivity index (χ4v) is 4.88. The maximum Gasteiger partial charge on any atom is 0.261 e. The van der Waals surface area contributed by atoms with E-state index in [1.165, 1.54) is 12.1 Å². The second-order valence-electron chi connectivity index (χ2n) is 9.73. The molecule has 7 heteroatoms. The van der Waals surface area contributed by atoms with Crippen molar-refractivity contribution in [2.45, 2.75) is 39.3 Å². The Kier molecular flexibility index (Phi) is 6.74. The maximum atomic E-state index is 13.9. The smallest absolute Gasteiger partial charge is 0.261 e. The summed E-state index contributed by atoms with van der Waals surface area (Å²) in [5.41, 5.74) is 1.21. The average molecular weight is 488 g/mol. The van der Waals surface area contributed by atoms with E-state index in [-0.39, 0.29) is 17.1 Å². The van der Waals surface area contributed by atoms with Crippen molar-refractivity contribution >= 4 is 10.9 Å². The van der Waals surface area contributed by atoms with Gasteiger partial charge in [0.25, 0.3) is 5.56 Å². The number of piperidine rings is 1. The summed E-state index contributed by atoms with van der Waals surface area (Å²) in [5, 5.41) is 10.2. The van der Waals surface area contributed by atoms with E-state index in [0.29, 0.717) is 46.7 Å². The molecular weight excluding hydrogens is 457 g/mol. The van der Waals surface area contributed by atoms with Crippen molar-refractivity contribution in [1.82, 2.24) is 14.5 Å². The van der Waals surface area contributed by atoms with Crippen molar-refractivity contribution in [3.05, 3.63) is 82.9 Å². The monoisotopic (exact) mass is 487 g/mol. The maximum absolute atomic E-state index is 13.9. The molecule has 0 aliphatic carbocycles. The molecule has 0 radical (unpaired) electrons. The third-order valence-corrected chi connectivity index (χ3v) is 6.82. The SMILES string of the molecule is CC(C)N1CCCC(Cn2c(-c3ccc(O)cc3)nc3ccc(Oc4ccc(F)cc4)cc3c2=O)C1. The van der Waals surface area contributed by atoms with Gasteiger partial charge in [-0.3, -0.25) is 9.36 Å². The molecule has 5 rings (SSSR count). The number of hydrogen-bond donors (Lipinski definition) is 1. The summed E-state index contributed by atoms with van der Waals surface area (Å²) in [7, 11) is 0. The first kappa shape index (κ1) is 24.0. The molecule has 1 atom stereocenters. The number of likely N-dealkylation sites (tertiary alicyclic amines) is 1. The van der Waals surface area contributed by atoms with Crippen LogP contribution in [0.3, 0.4) is 0 Å². The van der Waals surface area contributed by atoms with Gasteiger partial charge >= 0.3 is 0 Å². The second-order valence-corrected chi connectivity index (χ2v) is 9.73. The number of aromatic nitrogens is 2. The molecular formula is C29H30FN3O3. The lowest BCUT2D eigenvalue weighted by molar-refractivity contribution is 0.130. The van der Waals surface area contributed by atoms with E-state index in [4.69, 9.17) is 9.72 Å². The number of rotatable bonds is 6. The van der Waals surface area contributed by atoms with Gasteiger partial charge in [-0.1, -0.05) is 0 Å². The minimum Gasteiger partial charge on any atom is -0.508 e. The standard InChI is InChI=1S/C29H30FN3O3/c1-19(2)32-15-3-4-20(17-32)18-33-28(21-5-9-23(34)10-6-21)31-27-14-13-25(16-26(27)29(33)35)36-24-11-7-22(30)8-12-24/h5-14,16,19-20,34H,3-4,15,17-18H2,1-2H3. The van der Waals surface area contributed by atoms with Crippen LogP contribution < -0.4 is 10.3 Å². The Morgan fingerprint density at radius 1 is 1.06 bits per heavy atom. The van der Waals surface area contributed by atoms with Crippen LogP contribution in [0.15, 0.2) is 71.5 Å². The molecule has 6 nitrogen and oxygen atoms in total. The zero-order valence-corrected chi connectivity index (χ0v) is 20.5. The summed E-state index contributed by atoms with van der Waals surface area (Å²) in [5.74, 6) is 1.71. The van der Waals surface area contributed by atoms with E-state index in [1.54, 1.807) is 59.2 Å². The number of hydrogen-bond acceptors (Lipinski definition) is 5. The lowest BCUT2D eigenvalue weighted by Gasteiger charge is -2.35. The van der Waals surface area contributed by atoms with Gasteiger partial charge in [0.1, 0.15) is 28.9 Å². The predicted octanol–water partition coefficient (Wildman–Crippen LogP) is 5.82. The Morgan fingerprint density at radius 2 is 1.78 bits per heavy atom. The Bertz CT molecular complexity index is 1420. The first-order valence-electron chi connectivity index (χ1n) is 12.4. The van der Waals surface area contributed by atoms with Crippen molar-refractivity contribution in [3.8, 4) is 28.6 Å². The number of halogens is 1. The molecule has 0 amide bonds. The van der Waals surface area contributed by atoms with E-state index >= 15 is 0 Å². The molecule has 0 saturated carbocycles. The van der Waals surface area contributed by atoms with Crippen molar-refractivity contribution in [2.75, 3.05) is 13.1 Å². The Morgan fingerprint density at radius 3 is 2.50 bits per heavy atom. The van der Waals surface area contributed by atoms with Gasteiger partial charge in [0, 0.05) is 24.7 Å². The summed E-state index contributed by atoms with van der Waals surface area (Å²) in [6.45, 7) is 6.98. The van der Waals surface area contributed by atoms with Gasteiger partial charge < -0.3 is 14.7 Å². The summed E-state index contributed by atoms with van der Waals surface area (Å²) in [6.07, 6.45) is 2.15. The summed E-state index contributed by atoms with van der Waals surface area (Å²) in [4.78, 5) is 21.2. The summed E-state index contributed by atoms with van der Waals surface area (Å²) >= 11 is 0. The Hall–Kier alpha value is -3.71. The number of aromatic hydroxyl groups is 1. The van der Waals surface area contributed by atoms with Gasteiger partial charge in [-0.25, -0.2) is 9.37 Å². The second kappa shape index (κ2) is 10.1. The molecule has 186 valence electrons. The van der Waals surface area contributed by atoms with Crippen LogP contribution in [0.1, 0.15) is 26.7 Å². The minimum atomic E-state index is -0.339. The molecule has 1 aliphatic heterocycles. The number of nitrogens with zero attached hydrogens (tertiary/aromatic N) is 3. The highest BCUT2D eigenvalue weighted by Crippen LogP contribution is 2.28. The molecule has 4 aromatic rings. The van der Waals surface area contributed by atoms with Crippen LogP contribution in [-0.2, 0) is 6.54 Å². The fraction of sp³-hybridized carbons (Fsp3) is 0.310. The zero-order valence-electron chi connectivity index (χ0n) is 20.5. The largest absolute Gasteiger partial charge is 0.508 e. The molecule has 1 unspecified atom stereocenters. The molecule has 0 bridgehead atoms. The van der Waals surface area contributed by atoms with Gasteiger partial charge in [-0.05, 0) is 106 Å². The molecule has 3 aromatic carbocycles. The van der Waals surface area contributed by atoms with Crippen LogP contribution in [0.25, 0.3) is 22.3 Å². The molecule has 1 aromatic heterocycles. The van der Waals surface area contributed by atoms with Crippen molar-refractivity contribution in [2.24, 2.45) is 5.92 Å². The lowest BCUT2D eigenvalue weighted by atomic mass is 9.96. The minimum absolute atomic E-state index is 0.130. The molecule has 2 heterocycles. The summed E-state index contributed by atoms with van der Waals surface area (Å²) in [6, 6.07) is 18.2. The first-order chi connectivity index (χ1) is 17.4. The molecule has 1 aliphatic rings. The van der Waals surface area contributed by atoms with Crippen LogP contribution in [0.5, 0.6) is 17.2 Å². The first-order valence-corrected chi connectivity index (χ1v) is 12.4. The summed E-state index contributed by atoms with van der Waals surface area (Å²) < 4.78 is 20.9. The van der Waals surface area contributed by atoms with Gasteiger partial charge in [-0.2, -0.15) is 0 Å². The number of fused-ring (bicyclic) bond motifs is 1. The van der Waals surface area contributed by atoms with Crippen LogP contribution in [0, 0.1) is 11.7 Å². The van der Waals surface area contributed by atoms with Crippen molar-refractivity contribution < 1.29 is 14.2 Å². The van der Waals surface area contributed by atoms with Crippen LogP contribution in [0.2, 0.25) is 0 Å². The van der Waals surface area contributed by atoms with Gasteiger partial charge in [-0.15, -0.1) is 0 Å². The lowest BCUT2D eigenvalue weighted by Crippen LogP contribution is -2.42. The Labute approximate surface area is 209 Å². The van der Waals surface area contributed by atoms with Crippen LogP contribution in [0.4, 0.5) is 4.39 Å². The van der Waals surface area contributed by atoms with Gasteiger partial charge in [0.2, 0.25) is 0 Å². The van der Waals surface area contributed by atoms with Crippen LogP contribution in [-0.4, -0.2) is 38.7 Å². The molecule has 0 spiro atoms. The number of ether oxygens (including phenoxy) is 1. The Balaban J connectivity index is 1.56. The van der Waals surface area contributed by atoms with E-state index in [0.717, 1.165) is 31.5 Å². The molecule has 1 saturated heterocycles. The molecule has 1 fully saturated rings. The van der Waals surface area contributed by atoms with Gasteiger partial charge in [0.05, 0.1) is 10.9 Å². The highest BCUT2D eigenvalue weighted by molar-refractivity contribution is 5.81. The fourth-order valence-electron chi connectivity index (χ4n) is 4.88. The van der Waals surface area contributed by atoms with Crippen molar-refractivity contribution in [1.29, 1.82) is 0 Å². The quantitative estimate of drug-likeness (QED) is 0.371. The number of phenols is 1. The topological polar surface area (TPSA) is 67.6 Å². The third kappa shape index (κ3) is 5.11. The molecule has 1 N–H and O–H groups in total. The van der Waals surface area contributed by atoms with E-state index in [9.17, 15) is 14.3 Å². The third-order valence-electron chi connectivity index (χ3n) is 6.82. The zero-order chi connectivity index (χ0) is 25.2. The highest BCUT2D eigenvalue weighted by atomic mass is 19.1. The van der Waals surface area contributed by atoms with E-state index in [2.05, 4.69) is 18.7 Å². The van der Waals surface area contributed by atoms with E-state index in [1.807, 2.05) is 0 Å². The predicted molar refractivity (Wildman–Crippen MR) is 139 cm³/mol. The van der Waals surface area contributed by atoms with Crippen LogP contribution >= 0.6 is 0 Å². The number of benzene rings is 3. The highest BCUT2D eigenvalue weighted by Gasteiger charge is 2.24. The van der Waals surface area contributed by atoms with E-state index < -0.39 is 0 Å².